The number of anilines is 1. The molecule has 6 heteroatoms. The quantitative estimate of drug-likeness (QED) is 0.840. The van der Waals surface area contributed by atoms with Gasteiger partial charge in [0.15, 0.2) is 0 Å². The summed E-state index contributed by atoms with van der Waals surface area (Å²) in [5.41, 5.74) is 0.467. The summed E-state index contributed by atoms with van der Waals surface area (Å²) >= 11 is 0. The van der Waals surface area contributed by atoms with Crippen molar-refractivity contribution in [2.75, 3.05) is 25.0 Å². The third-order valence-corrected chi connectivity index (χ3v) is 3.58. The molecule has 0 bridgehead atoms. The summed E-state index contributed by atoms with van der Waals surface area (Å²) in [5, 5.41) is 11.5. The Kier molecular flexibility index (Phi) is 3.42. The average molecular weight is 263 g/mol. The van der Waals surface area contributed by atoms with E-state index in [0.717, 1.165) is 18.7 Å². The molecule has 1 aromatic heterocycles. The molecule has 1 fully saturated rings. The van der Waals surface area contributed by atoms with Gasteiger partial charge in [-0.15, -0.1) is 0 Å². The zero-order valence-corrected chi connectivity index (χ0v) is 11.0. The second kappa shape index (κ2) is 4.87. The van der Waals surface area contributed by atoms with Crippen LogP contribution in [-0.4, -0.2) is 42.1 Å². The highest BCUT2D eigenvalue weighted by Gasteiger charge is 2.39. The molecule has 1 aromatic rings. The van der Waals surface area contributed by atoms with E-state index in [1.807, 2.05) is 11.8 Å². The first-order valence-corrected chi connectivity index (χ1v) is 6.13. The Morgan fingerprint density at radius 1 is 1.47 bits per heavy atom. The molecular weight excluding hydrogens is 246 g/mol. The number of rotatable bonds is 3. The van der Waals surface area contributed by atoms with Crippen molar-refractivity contribution in [2.24, 2.45) is 5.41 Å². The molecule has 2 rings (SSSR count). The first kappa shape index (κ1) is 13.3. The van der Waals surface area contributed by atoms with E-state index in [0.29, 0.717) is 6.54 Å². The number of carboxylic acids is 1. The van der Waals surface area contributed by atoms with E-state index in [2.05, 4.69) is 10.3 Å². The lowest BCUT2D eigenvalue weighted by Gasteiger charge is -2.23. The standard InChI is InChI=1S/C13H17N3O3/c1-13(12(19)14-2)5-6-16(8-13)9-3-4-10(11(17)18)15-7-9/h3-4,7H,5-6,8H2,1-2H3,(H,14,19)(H,17,18). The van der Waals surface area contributed by atoms with Gasteiger partial charge in [-0.3, -0.25) is 4.79 Å². The van der Waals surface area contributed by atoms with Crippen LogP contribution in [0.3, 0.4) is 0 Å². The van der Waals surface area contributed by atoms with E-state index >= 15 is 0 Å². The largest absolute Gasteiger partial charge is 0.477 e. The lowest BCUT2D eigenvalue weighted by atomic mass is 9.89. The van der Waals surface area contributed by atoms with Gasteiger partial charge in [-0.05, 0) is 25.5 Å². The zero-order chi connectivity index (χ0) is 14.0. The molecule has 19 heavy (non-hydrogen) atoms. The van der Waals surface area contributed by atoms with E-state index in [-0.39, 0.29) is 11.6 Å². The van der Waals surface area contributed by atoms with Gasteiger partial charge in [0.05, 0.1) is 17.3 Å². The summed E-state index contributed by atoms with van der Waals surface area (Å²) in [4.78, 5) is 28.5. The van der Waals surface area contributed by atoms with Crippen LogP contribution in [0.1, 0.15) is 23.8 Å². The van der Waals surface area contributed by atoms with E-state index in [4.69, 9.17) is 5.11 Å². The lowest BCUT2D eigenvalue weighted by molar-refractivity contribution is -0.128. The fourth-order valence-corrected chi connectivity index (χ4v) is 2.37. The van der Waals surface area contributed by atoms with Gasteiger partial charge in [-0.2, -0.15) is 0 Å². The maximum absolute atomic E-state index is 11.8. The molecule has 0 spiro atoms. The van der Waals surface area contributed by atoms with Gasteiger partial charge in [0.25, 0.3) is 0 Å². The van der Waals surface area contributed by atoms with Gasteiger partial charge in [0, 0.05) is 20.1 Å². The number of aromatic carboxylic acids is 1. The van der Waals surface area contributed by atoms with E-state index in [1.54, 1.807) is 19.3 Å². The Labute approximate surface area is 111 Å². The van der Waals surface area contributed by atoms with Crippen LogP contribution in [0.4, 0.5) is 5.69 Å². The number of nitrogens with zero attached hydrogens (tertiary/aromatic N) is 2. The van der Waals surface area contributed by atoms with Crippen molar-refractivity contribution in [3.63, 3.8) is 0 Å². The van der Waals surface area contributed by atoms with Crippen molar-refractivity contribution < 1.29 is 14.7 Å². The molecule has 1 aliphatic heterocycles. The first-order valence-electron chi connectivity index (χ1n) is 6.13. The summed E-state index contributed by atoms with van der Waals surface area (Å²) in [7, 11) is 1.64. The molecule has 1 amide bonds. The van der Waals surface area contributed by atoms with Crippen molar-refractivity contribution >= 4 is 17.6 Å². The minimum absolute atomic E-state index is 0.0250. The summed E-state index contributed by atoms with van der Waals surface area (Å²) in [6, 6.07) is 3.21. The third-order valence-electron chi connectivity index (χ3n) is 3.58. The van der Waals surface area contributed by atoms with Crippen LogP contribution in [0.5, 0.6) is 0 Å². The maximum atomic E-state index is 11.8. The number of aromatic nitrogens is 1. The smallest absolute Gasteiger partial charge is 0.354 e. The SMILES string of the molecule is CNC(=O)C1(C)CCN(c2ccc(C(=O)O)nc2)C1. The molecule has 1 atom stereocenters. The maximum Gasteiger partial charge on any atom is 0.354 e. The molecule has 0 saturated carbocycles. The monoisotopic (exact) mass is 263 g/mol. The number of carbonyl (C=O) groups is 2. The highest BCUT2D eigenvalue weighted by Crippen LogP contribution is 2.33. The molecule has 6 nitrogen and oxygen atoms in total. The number of carboxylic acid groups (broad SMARTS) is 1. The van der Waals surface area contributed by atoms with Crippen LogP contribution in [0, 0.1) is 5.41 Å². The van der Waals surface area contributed by atoms with Crippen LogP contribution in [-0.2, 0) is 4.79 Å². The summed E-state index contributed by atoms with van der Waals surface area (Å²) in [6.07, 6.45) is 2.31. The van der Waals surface area contributed by atoms with Crippen molar-refractivity contribution in [3.05, 3.63) is 24.0 Å². The molecule has 1 unspecified atom stereocenters. The molecule has 0 aliphatic carbocycles. The number of hydrogen-bond acceptors (Lipinski definition) is 4. The van der Waals surface area contributed by atoms with Crippen LogP contribution >= 0.6 is 0 Å². The first-order chi connectivity index (χ1) is 8.96. The Morgan fingerprint density at radius 2 is 2.21 bits per heavy atom. The Bertz CT molecular complexity index is 500. The second-order valence-electron chi connectivity index (χ2n) is 5.02. The van der Waals surface area contributed by atoms with Gasteiger partial charge in [-0.25, -0.2) is 9.78 Å². The zero-order valence-electron chi connectivity index (χ0n) is 11.0. The normalized spacial score (nSPS) is 22.3. The number of hydrogen-bond donors (Lipinski definition) is 2. The fourth-order valence-electron chi connectivity index (χ4n) is 2.37. The molecule has 0 aromatic carbocycles. The fraction of sp³-hybridized carbons (Fsp3) is 0.462. The van der Waals surface area contributed by atoms with Crippen molar-refractivity contribution in [2.45, 2.75) is 13.3 Å². The van der Waals surface area contributed by atoms with Crippen LogP contribution in [0.2, 0.25) is 0 Å². The van der Waals surface area contributed by atoms with Crippen molar-refractivity contribution in [3.8, 4) is 0 Å². The van der Waals surface area contributed by atoms with Gasteiger partial charge in [-0.1, -0.05) is 0 Å². The molecule has 2 N–H and O–H groups in total. The molecule has 1 saturated heterocycles. The van der Waals surface area contributed by atoms with Gasteiger partial charge in [0.2, 0.25) is 5.91 Å². The van der Waals surface area contributed by atoms with Crippen molar-refractivity contribution in [1.82, 2.24) is 10.3 Å². The summed E-state index contributed by atoms with van der Waals surface area (Å²) < 4.78 is 0. The number of pyridine rings is 1. The summed E-state index contributed by atoms with van der Waals surface area (Å²) in [6.45, 7) is 3.31. The summed E-state index contributed by atoms with van der Waals surface area (Å²) in [5.74, 6) is -1.01. The predicted molar refractivity (Wildman–Crippen MR) is 70.2 cm³/mol. The van der Waals surface area contributed by atoms with Gasteiger partial charge in [0.1, 0.15) is 5.69 Å². The third kappa shape index (κ3) is 2.52. The topological polar surface area (TPSA) is 82.5 Å². The molecule has 102 valence electrons. The second-order valence-corrected chi connectivity index (χ2v) is 5.02. The van der Waals surface area contributed by atoms with Crippen LogP contribution in [0.15, 0.2) is 18.3 Å². The predicted octanol–water partition coefficient (Wildman–Crippen LogP) is 0.742. The molecular formula is C13H17N3O3. The Morgan fingerprint density at radius 3 is 2.74 bits per heavy atom. The highest BCUT2D eigenvalue weighted by atomic mass is 16.4. The molecule has 2 heterocycles. The van der Waals surface area contributed by atoms with Gasteiger partial charge < -0.3 is 15.3 Å². The number of amides is 1. The number of carbonyl (C=O) groups excluding carboxylic acids is 1. The minimum atomic E-state index is -1.04. The Hall–Kier alpha value is -2.11. The van der Waals surface area contributed by atoms with Gasteiger partial charge >= 0.3 is 5.97 Å². The Balaban J connectivity index is 2.12. The van der Waals surface area contributed by atoms with Crippen molar-refractivity contribution in [1.29, 1.82) is 0 Å². The highest BCUT2D eigenvalue weighted by molar-refractivity contribution is 5.86. The van der Waals surface area contributed by atoms with E-state index in [1.165, 1.54) is 6.07 Å². The molecule has 1 aliphatic rings. The lowest BCUT2D eigenvalue weighted by Crippen LogP contribution is -2.39. The van der Waals surface area contributed by atoms with E-state index < -0.39 is 11.4 Å². The van der Waals surface area contributed by atoms with E-state index in [9.17, 15) is 9.59 Å². The van der Waals surface area contributed by atoms with Crippen LogP contribution in [0.25, 0.3) is 0 Å². The number of nitrogens with one attached hydrogen (secondary N) is 1. The molecule has 0 radical (unpaired) electrons. The minimum Gasteiger partial charge on any atom is -0.477 e. The van der Waals surface area contributed by atoms with Crippen LogP contribution < -0.4 is 10.2 Å². The average Bonchev–Trinajstić information content (AvgIpc) is 2.82.